The number of aromatic nitrogens is 4. The summed E-state index contributed by atoms with van der Waals surface area (Å²) in [7, 11) is 0. The first-order chi connectivity index (χ1) is 8.65. The summed E-state index contributed by atoms with van der Waals surface area (Å²) in [6.07, 6.45) is 4.80. The molecule has 0 aliphatic heterocycles. The first-order valence-corrected chi connectivity index (χ1v) is 5.43. The summed E-state index contributed by atoms with van der Waals surface area (Å²) in [5.74, 6) is 0. The SMILES string of the molecule is Cc1cnn2cc(-c3ccn(C(F)F)n3)ccc12. The number of aryl methyl sites for hydroxylation is 1. The molecule has 0 aliphatic rings. The average Bonchev–Trinajstić information content (AvgIpc) is 2.96. The van der Waals surface area contributed by atoms with E-state index in [1.54, 1.807) is 23.0 Å². The topological polar surface area (TPSA) is 35.1 Å². The minimum Gasteiger partial charge on any atom is -0.240 e. The molecule has 0 aliphatic carbocycles. The largest absolute Gasteiger partial charge is 0.333 e. The molecule has 0 amide bonds. The van der Waals surface area contributed by atoms with Crippen molar-refractivity contribution < 1.29 is 8.78 Å². The molecule has 0 bridgehead atoms. The molecular formula is C12H10F2N4. The van der Waals surface area contributed by atoms with Gasteiger partial charge in [-0.15, -0.1) is 0 Å². The molecule has 0 aromatic carbocycles. The highest BCUT2D eigenvalue weighted by atomic mass is 19.3. The number of rotatable bonds is 2. The Balaban J connectivity index is 2.07. The van der Waals surface area contributed by atoms with Gasteiger partial charge in [-0.2, -0.15) is 19.0 Å². The lowest BCUT2D eigenvalue weighted by Crippen LogP contribution is -1.98. The van der Waals surface area contributed by atoms with E-state index in [0.717, 1.165) is 16.6 Å². The second-order valence-electron chi connectivity index (χ2n) is 4.03. The van der Waals surface area contributed by atoms with E-state index in [1.165, 1.54) is 6.20 Å². The van der Waals surface area contributed by atoms with Gasteiger partial charge in [0.25, 0.3) is 0 Å². The van der Waals surface area contributed by atoms with Crippen molar-refractivity contribution in [2.24, 2.45) is 0 Å². The Labute approximate surface area is 101 Å². The summed E-state index contributed by atoms with van der Waals surface area (Å²) in [6, 6.07) is 5.31. The molecule has 18 heavy (non-hydrogen) atoms. The second kappa shape index (κ2) is 3.90. The van der Waals surface area contributed by atoms with Gasteiger partial charge in [-0.1, -0.05) is 0 Å². The molecule has 4 nitrogen and oxygen atoms in total. The predicted molar refractivity (Wildman–Crippen MR) is 62.4 cm³/mol. The highest BCUT2D eigenvalue weighted by Crippen LogP contribution is 2.20. The van der Waals surface area contributed by atoms with Crippen LogP contribution in [0.25, 0.3) is 16.8 Å². The van der Waals surface area contributed by atoms with Crippen LogP contribution in [0.2, 0.25) is 0 Å². The maximum atomic E-state index is 12.4. The van der Waals surface area contributed by atoms with Crippen LogP contribution >= 0.6 is 0 Å². The van der Waals surface area contributed by atoms with Crippen LogP contribution in [-0.2, 0) is 0 Å². The fourth-order valence-electron chi connectivity index (χ4n) is 1.86. The third kappa shape index (κ3) is 1.66. The van der Waals surface area contributed by atoms with Gasteiger partial charge in [0.05, 0.1) is 17.4 Å². The number of halogens is 2. The third-order valence-electron chi connectivity index (χ3n) is 2.81. The molecule has 0 radical (unpaired) electrons. The van der Waals surface area contributed by atoms with Crippen LogP contribution in [0.1, 0.15) is 12.1 Å². The van der Waals surface area contributed by atoms with Crippen LogP contribution < -0.4 is 0 Å². The molecule has 0 fully saturated rings. The number of nitrogens with zero attached hydrogens (tertiary/aromatic N) is 4. The normalized spacial score (nSPS) is 11.6. The zero-order valence-electron chi connectivity index (χ0n) is 9.59. The van der Waals surface area contributed by atoms with Crippen LogP contribution in [0.4, 0.5) is 8.78 Å². The van der Waals surface area contributed by atoms with Gasteiger partial charge in [-0.3, -0.25) is 0 Å². The Kier molecular flexibility index (Phi) is 2.36. The molecule has 0 atom stereocenters. The Bertz CT molecular complexity index is 699. The standard InChI is InChI=1S/C12H10F2N4/c1-8-6-15-18-7-9(2-3-11(8)18)10-4-5-17(16-10)12(13)14/h2-7,12H,1H3. The molecule has 92 valence electrons. The number of pyridine rings is 1. The summed E-state index contributed by atoms with van der Waals surface area (Å²) < 4.78 is 27.2. The minimum atomic E-state index is -2.62. The van der Waals surface area contributed by atoms with Crippen LogP contribution in [0.3, 0.4) is 0 Å². The van der Waals surface area contributed by atoms with Gasteiger partial charge in [-0.05, 0) is 30.7 Å². The van der Waals surface area contributed by atoms with Crippen molar-refractivity contribution in [3.8, 4) is 11.3 Å². The van der Waals surface area contributed by atoms with Crippen molar-refractivity contribution in [3.05, 3.63) is 42.4 Å². The molecule has 0 unspecified atom stereocenters. The first-order valence-electron chi connectivity index (χ1n) is 5.43. The number of fused-ring (bicyclic) bond motifs is 1. The molecule has 0 N–H and O–H groups in total. The summed E-state index contributed by atoms with van der Waals surface area (Å²) in [4.78, 5) is 0. The zero-order valence-corrected chi connectivity index (χ0v) is 9.59. The second-order valence-corrected chi connectivity index (χ2v) is 4.03. The van der Waals surface area contributed by atoms with Gasteiger partial charge >= 0.3 is 6.55 Å². The minimum absolute atomic E-state index is 0.505. The quantitative estimate of drug-likeness (QED) is 0.699. The van der Waals surface area contributed by atoms with Crippen molar-refractivity contribution in [2.45, 2.75) is 13.5 Å². The van der Waals surface area contributed by atoms with Crippen LogP contribution in [0.5, 0.6) is 0 Å². The number of hydrogen-bond donors (Lipinski definition) is 0. The van der Waals surface area contributed by atoms with Gasteiger partial charge in [0, 0.05) is 18.0 Å². The molecule has 0 saturated carbocycles. The van der Waals surface area contributed by atoms with E-state index in [4.69, 9.17) is 0 Å². The average molecular weight is 248 g/mol. The zero-order chi connectivity index (χ0) is 12.7. The smallest absolute Gasteiger partial charge is 0.240 e. The molecule has 3 rings (SSSR count). The Morgan fingerprint density at radius 2 is 2.06 bits per heavy atom. The Hall–Kier alpha value is -2.24. The molecule has 3 aromatic heterocycles. The molecule has 6 heteroatoms. The van der Waals surface area contributed by atoms with Gasteiger partial charge in [0.1, 0.15) is 0 Å². The number of hydrogen-bond acceptors (Lipinski definition) is 2. The molecule has 3 aromatic rings. The molecule has 0 spiro atoms. The van der Waals surface area contributed by atoms with Crippen molar-refractivity contribution in [1.82, 2.24) is 19.4 Å². The maximum Gasteiger partial charge on any atom is 0.333 e. The Morgan fingerprint density at radius 1 is 1.22 bits per heavy atom. The predicted octanol–water partition coefficient (Wildman–Crippen LogP) is 2.90. The number of alkyl halides is 2. The summed E-state index contributed by atoms with van der Waals surface area (Å²) in [6.45, 7) is -0.650. The fraction of sp³-hybridized carbons (Fsp3) is 0.167. The fourth-order valence-corrected chi connectivity index (χ4v) is 1.86. The van der Waals surface area contributed by atoms with E-state index in [1.807, 2.05) is 19.1 Å². The van der Waals surface area contributed by atoms with Crippen LogP contribution in [0, 0.1) is 6.92 Å². The van der Waals surface area contributed by atoms with E-state index in [2.05, 4.69) is 10.2 Å². The van der Waals surface area contributed by atoms with Crippen LogP contribution in [0.15, 0.2) is 36.8 Å². The van der Waals surface area contributed by atoms with Crippen molar-refractivity contribution in [2.75, 3.05) is 0 Å². The van der Waals surface area contributed by atoms with Crippen molar-refractivity contribution in [1.29, 1.82) is 0 Å². The van der Waals surface area contributed by atoms with Crippen molar-refractivity contribution >= 4 is 5.52 Å². The first kappa shape index (κ1) is 10.9. The highest BCUT2D eigenvalue weighted by molar-refractivity contribution is 5.63. The summed E-state index contributed by atoms with van der Waals surface area (Å²) in [5, 5.41) is 8.00. The highest BCUT2D eigenvalue weighted by Gasteiger charge is 2.09. The maximum absolute atomic E-state index is 12.4. The van der Waals surface area contributed by atoms with Gasteiger partial charge in [-0.25, -0.2) is 9.20 Å². The van der Waals surface area contributed by atoms with Crippen LogP contribution in [-0.4, -0.2) is 19.4 Å². The Morgan fingerprint density at radius 3 is 2.78 bits per heavy atom. The monoisotopic (exact) mass is 248 g/mol. The van der Waals surface area contributed by atoms with E-state index in [0.29, 0.717) is 10.4 Å². The summed E-state index contributed by atoms with van der Waals surface area (Å²) >= 11 is 0. The van der Waals surface area contributed by atoms with E-state index in [9.17, 15) is 8.78 Å². The van der Waals surface area contributed by atoms with Gasteiger partial charge in [0.15, 0.2) is 0 Å². The summed E-state index contributed by atoms with van der Waals surface area (Å²) in [5.41, 5.74) is 3.32. The lowest BCUT2D eigenvalue weighted by Gasteiger charge is -2.00. The lowest BCUT2D eigenvalue weighted by molar-refractivity contribution is 0.0568. The molecular weight excluding hydrogens is 238 g/mol. The van der Waals surface area contributed by atoms with Crippen molar-refractivity contribution in [3.63, 3.8) is 0 Å². The third-order valence-corrected chi connectivity index (χ3v) is 2.81. The molecule has 3 heterocycles. The van der Waals surface area contributed by atoms with E-state index in [-0.39, 0.29) is 0 Å². The van der Waals surface area contributed by atoms with E-state index >= 15 is 0 Å². The molecule has 0 saturated heterocycles. The van der Waals surface area contributed by atoms with Gasteiger partial charge < -0.3 is 0 Å². The van der Waals surface area contributed by atoms with E-state index < -0.39 is 6.55 Å². The lowest BCUT2D eigenvalue weighted by atomic mass is 10.2. The van der Waals surface area contributed by atoms with Gasteiger partial charge in [0.2, 0.25) is 0 Å².